The highest BCUT2D eigenvalue weighted by atomic mass is 35.5. The van der Waals surface area contributed by atoms with Crippen LogP contribution in [0.4, 0.5) is 11.4 Å². The van der Waals surface area contributed by atoms with E-state index in [0.29, 0.717) is 60.8 Å². The van der Waals surface area contributed by atoms with E-state index in [2.05, 4.69) is 0 Å². The number of aliphatic hydroxyl groups excluding tert-OH is 1. The van der Waals surface area contributed by atoms with Gasteiger partial charge in [-0.1, -0.05) is 23.7 Å². The summed E-state index contributed by atoms with van der Waals surface area (Å²) >= 11 is 6.32. The summed E-state index contributed by atoms with van der Waals surface area (Å²) in [5.74, 6) is 0.704. The van der Waals surface area contributed by atoms with Crippen LogP contribution < -0.4 is 15.2 Å². The van der Waals surface area contributed by atoms with E-state index in [1.165, 1.54) is 4.57 Å². The molecule has 1 saturated heterocycles. The molecule has 0 saturated carbocycles. The van der Waals surface area contributed by atoms with Crippen molar-refractivity contribution < 1.29 is 14.8 Å². The molecule has 3 aromatic rings. The molecule has 0 amide bonds. The molecule has 1 N–H and O–H groups in total. The van der Waals surface area contributed by atoms with Gasteiger partial charge in [0.25, 0.3) is 0 Å². The molecule has 1 aliphatic heterocycles. The molecular weight excluding hydrogens is 498 g/mol. The lowest BCUT2D eigenvalue weighted by Gasteiger charge is -2.38. The molecule has 2 aromatic carbocycles. The molecule has 0 spiro atoms. The first-order valence-electron chi connectivity index (χ1n) is 12.2. The number of aliphatic hydroxyl groups is 1. The Kier molecular flexibility index (Phi) is 8.33. The van der Waals surface area contributed by atoms with E-state index in [9.17, 15) is 20.0 Å². The lowest BCUT2D eigenvalue weighted by molar-refractivity contribution is -0.385. The number of halogens is 1. The predicted molar refractivity (Wildman–Crippen MR) is 145 cm³/mol. The molecule has 2 heterocycles. The number of aromatic nitrogens is 1. The van der Waals surface area contributed by atoms with Gasteiger partial charge in [0.05, 0.1) is 17.5 Å². The zero-order valence-corrected chi connectivity index (χ0v) is 22.0. The number of fused-ring (bicyclic) bond motifs is 1. The van der Waals surface area contributed by atoms with Crippen molar-refractivity contribution in [1.82, 2.24) is 14.4 Å². The van der Waals surface area contributed by atoms with Crippen molar-refractivity contribution in [3.8, 4) is 5.75 Å². The van der Waals surface area contributed by atoms with E-state index >= 15 is 0 Å². The number of pyridine rings is 1. The highest BCUT2D eigenvalue weighted by molar-refractivity contribution is 6.31. The van der Waals surface area contributed by atoms with Gasteiger partial charge in [-0.2, -0.15) is 0 Å². The van der Waals surface area contributed by atoms with Gasteiger partial charge in [-0.3, -0.25) is 19.8 Å². The van der Waals surface area contributed by atoms with Gasteiger partial charge in [0.15, 0.2) is 0 Å². The van der Waals surface area contributed by atoms with Crippen LogP contribution in [0.3, 0.4) is 0 Å². The van der Waals surface area contributed by atoms with Crippen LogP contribution in [0.1, 0.15) is 18.2 Å². The largest absolute Gasteiger partial charge is 0.497 e. The molecule has 198 valence electrons. The summed E-state index contributed by atoms with van der Waals surface area (Å²) in [6, 6.07) is 12.4. The fourth-order valence-corrected chi connectivity index (χ4v) is 5.00. The Morgan fingerprint density at radius 2 is 1.81 bits per heavy atom. The van der Waals surface area contributed by atoms with E-state index < -0.39 is 22.4 Å². The molecular formula is C26H32ClN5O5. The van der Waals surface area contributed by atoms with E-state index in [1.807, 2.05) is 40.9 Å². The van der Waals surface area contributed by atoms with Crippen LogP contribution in [0.25, 0.3) is 10.9 Å². The van der Waals surface area contributed by atoms with Crippen LogP contribution in [0.15, 0.2) is 47.3 Å². The van der Waals surface area contributed by atoms with E-state index in [1.54, 1.807) is 37.4 Å². The van der Waals surface area contributed by atoms with Crippen LogP contribution >= 0.6 is 11.6 Å². The van der Waals surface area contributed by atoms with Gasteiger partial charge in [-0.05, 0) is 63.0 Å². The summed E-state index contributed by atoms with van der Waals surface area (Å²) in [6.07, 6.45) is -0.151. The maximum atomic E-state index is 13.4. The van der Waals surface area contributed by atoms with Crippen molar-refractivity contribution in [1.29, 1.82) is 0 Å². The highest BCUT2D eigenvalue weighted by Crippen LogP contribution is 2.36. The Hall–Kier alpha value is -3.18. The highest BCUT2D eigenvalue weighted by Gasteiger charge is 2.32. The number of piperazine rings is 1. The number of methoxy groups -OCH3 is 1. The van der Waals surface area contributed by atoms with E-state index in [-0.39, 0.29) is 5.69 Å². The smallest absolute Gasteiger partial charge is 0.357 e. The Morgan fingerprint density at radius 3 is 2.41 bits per heavy atom. The van der Waals surface area contributed by atoms with Crippen molar-refractivity contribution in [2.45, 2.75) is 19.2 Å². The second kappa shape index (κ2) is 11.5. The lowest BCUT2D eigenvalue weighted by atomic mass is 10.1. The monoisotopic (exact) mass is 529 g/mol. The minimum Gasteiger partial charge on any atom is -0.497 e. The van der Waals surface area contributed by atoms with Gasteiger partial charge in [-0.15, -0.1) is 0 Å². The Bertz CT molecular complexity index is 1320. The van der Waals surface area contributed by atoms with Crippen LogP contribution in [0, 0.1) is 10.1 Å². The SMILES string of the molecule is COc1ccc(C(O)N2CCN(c3c([N+](=O)[O-])c(=O)n(CCCN(C)C)c4ccc(Cl)cc34)CC2)cc1. The van der Waals surface area contributed by atoms with Crippen molar-refractivity contribution in [2.24, 2.45) is 0 Å². The zero-order chi connectivity index (χ0) is 26.7. The van der Waals surface area contributed by atoms with E-state index in [4.69, 9.17) is 16.3 Å². The molecule has 1 aromatic heterocycles. The van der Waals surface area contributed by atoms with Gasteiger partial charge >= 0.3 is 11.2 Å². The van der Waals surface area contributed by atoms with Crippen molar-refractivity contribution >= 4 is 33.9 Å². The first-order chi connectivity index (χ1) is 17.7. The van der Waals surface area contributed by atoms with Crippen LogP contribution in [-0.4, -0.2) is 78.3 Å². The number of hydrogen-bond acceptors (Lipinski definition) is 8. The molecule has 4 rings (SSSR count). The summed E-state index contributed by atoms with van der Waals surface area (Å²) < 4.78 is 6.67. The third-order valence-electron chi connectivity index (χ3n) is 6.74. The lowest BCUT2D eigenvalue weighted by Crippen LogP contribution is -2.48. The summed E-state index contributed by atoms with van der Waals surface area (Å²) in [6.45, 7) is 2.82. The van der Waals surface area contributed by atoms with Gasteiger partial charge in [0, 0.05) is 43.1 Å². The number of nitrogens with zero attached hydrogens (tertiary/aromatic N) is 5. The molecule has 1 fully saturated rings. The quantitative estimate of drug-likeness (QED) is 0.332. The summed E-state index contributed by atoms with van der Waals surface area (Å²) in [7, 11) is 5.47. The number of ether oxygens (including phenoxy) is 1. The molecule has 1 aliphatic rings. The molecule has 37 heavy (non-hydrogen) atoms. The third-order valence-corrected chi connectivity index (χ3v) is 6.97. The van der Waals surface area contributed by atoms with Gasteiger partial charge in [-0.25, -0.2) is 0 Å². The standard InChI is InChI=1S/C26H32ClN5O5/c1-28(2)11-4-12-31-22-10-7-19(27)17-21(22)23(24(26(31)34)32(35)36)29-13-15-30(16-14-29)25(33)18-5-8-20(37-3)9-6-18/h5-10,17,25,33H,4,11-16H2,1-3H3. The van der Waals surface area contributed by atoms with Gasteiger partial charge in [0.1, 0.15) is 17.7 Å². The Morgan fingerprint density at radius 1 is 1.14 bits per heavy atom. The van der Waals surface area contributed by atoms with Crippen molar-refractivity contribution in [2.75, 3.05) is 58.8 Å². The van der Waals surface area contributed by atoms with Crippen molar-refractivity contribution in [3.05, 3.63) is 73.5 Å². The minimum atomic E-state index is -0.820. The summed E-state index contributed by atoms with van der Waals surface area (Å²) in [4.78, 5) is 30.9. The Balaban J connectivity index is 1.66. The second-order valence-electron chi connectivity index (χ2n) is 9.40. The third kappa shape index (κ3) is 5.72. The number of aryl methyl sites for hydroxylation is 1. The number of benzene rings is 2. The normalized spacial score (nSPS) is 15.4. The Labute approximate surface area is 220 Å². The van der Waals surface area contributed by atoms with Crippen molar-refractivity contribution in [3.63, 3.8) is 0 Å². The second-order valence-corrected chi connectivity index (χ2v) is 9.84. The molecule has 11 heteroatoms. The van der Waals surface area contributed by atoms with E-state index in [0.717, 1.165) is 12.1 Å². The zero-order valence-electron chi connectivity index (χ0n) is 21.3. The number of hydrogen-bond donors (Lipinski definition) is 1. The van der Waals surface area contributed by atoms with Gasteiger partial charge in [0.2, 0.25) is 0 Å². The maximum Gasteiger partial charge on any atom is 0.357 e. The van der Waals surface area contributed by atoms with Crippen LogP contribution in [0.2, 0.25) is 5.02 Å². The fourth-order valence-electron chi connectivity index (χ4n) is 4.83. The first-order valence-corrected chi connectivity index (χ1v) is 12.5. The number of nitro groups is 1. The minimum absolute atomic E-state index is 0.287. The van der Waals surface area contributed by atoms with Gasteiger partial charge < -0.3 is 24.2 Å². The molecule has 0 bridgehead atoms. The molecule has 10 nitrogen and oxygen atoms in total. The summed E-state index contributed by atoms with van der Waals surface area (Å²) in [5.41, 5.74) is 0.584. The number of anilines is 1. The maximum absolute atomic E-state index is 13.4. The molecule has 1 unspecified atom stereocenters. The molecule has 1 atom stereocenters. The van der Waals surface area contributed by atoms with Crippen LogP contribution in [0.5, 0.6) is 5.75 Å². The van der Waals surface area contributed by atoms with Crippen LogP contribution in [-0.2, 0) is 6.54 Å². The topological polar surface area (TPSA) is 104 Å². The number of rotatable bonds is 9. The predicted octanol–water partition coefficient (Wildman–Crippen LogP) is 3.34. The molecule has 0 radical (unpaired) electrons. The first kappa shape index (κ1) is 26.9. The summed E-state index contributed by atoms with van der Waals surface area (Å²) in [5, 5.41) is 24.1. The average molecular weight is 530 g/mol. The molecule has 0 aliphatic carbocycles. The average Bonchev–Trinajstić information content (AvgIpc) is 2.89. The fraction of sp³-hybridized carbons (Fsp3) is 0.423.